The topological polar surface area (TPSA) is 138 Å². The summed E-state index contributed by atoms with van der Waals surface area (Å²) < 4.78 is 10.2. The summed E-state index contributed by atoms with van der Waals surface area (Å²) in [6.07, 6.45) is 0. The summed E-state index contributed by atoms with van der Waals surface area (Å²) in [4.78, 5) is 37.8. The van der Waals surface area contributed by atoms with Crippen molar-refractivity contribution in [2.75, 3.05) is 7.11 Å². The molecule has 0 fully saturated rings. The van der Waals surface area contributed by atoms with Crippen LogP contribution in [0, 0.1) is 17.0 Å². The molecule has 9 heteroatoms. The molecule has 3 rings (SSSR count). The highest BCUT2D eigenvalue weighted by Crippen LogP contribution is 2.41. The number of nitro groups is 1. The number of methoxy groups -OCH3 is 1. The van der Waals surface area contributed by atoms with Crippen LogP contribution in [0.2, 0.25) is 0 Å². The van der Waals surface area contributed by atoms with Crippen LogP contribution >= 0.6 is 0 Å². The normalized spacial score (nSPS) is 15.8. The number of nitro benzene ring substituents is 1. The molecule has 1 atom stereocenters. The van der Waals surface area contributed by atoms with Crippen LogP contribution in [0.15, 0.2) is 46.6 Å². The summed E-state index contributed by atoms with van der Waals surface area (Å²) in [7, 11) is 1.18. The number of carbonyl (C=O) groups is 1. The zero-order valence-electron chi connectivity index (χ0n) is 13.9. The number of pyridine rings is 1. The van der Waals surface area contributed by atoms with Gasteiger partial charge in [-0.3, -0.25) is 14.9 Å². The van der Waals surface area contributed by atoms with Crippen LogP contribution in [-0.4, -0.2) is 23.0 Å². The maximum atomic E-state index is 12.5. The van der Waals surface area contributed by atoms with E-state index < -0.39 is 22.4 Å². The Kier molecular flexibility index (Phi) is 4.21. The molecule has 1 aliphatic heterocycles. The third-order valence-corrected chi connectivity index (χ3v) is 4.07. The first-order valence-electron chi connectivity index (χ1n) is 7.57. The van der Waals surface area contributed by atoms with Crippen molar-refractivity contribution in [1.82, 2.24) is 4.98 Å². The number of hydrogen-bond acceptors (Lipinski definition) is 7. The number of aryl methyl sites for hydroxylation is 1. The first kappa shape index (κ1) is 17.2. The van der Waals surface area contributed by atoms with Gasteiger partial charge in [-0.1, -0.05) is 12.1 Å². The van der Waals surface area contributed by atoms with Gasteiger partial charge < -0.3 is 20.2 Å². The predicted molar refractivity (Wildman–Crippen MR) is 90.6 cm³/mol. The molecule has 134 valence electrons. The number of nitrogens with two attached hydrogens (primary N) is 1. The van der Waals surface area contributed by atoms with Crippen LogP contribution in [0.25, 0.3) is 0 Å². The van der Waals surface area contributed by atoms with Crippen LogP contribution in [0.1, 0.15) is 22.7 Å². The van der Waals surface area contributed by atoms with Crippen molar-refractivity contribution in [2.24, 2.45) is 5.73 Å². The molecular formula is C17H15N3O6. The van der Waals surface area contributed by atoms with E-state index in [0.29, 0.717) is 11.3 Å². The number of carbonyl (C=O) groups excluding carboxylic acids is 1. The van der Waals surface area contributed by atoms with Gasteiger partial charge >= 0.3 is 5.97 Å². The molecule has 0 radical (unpaired) electrons. The van der Waals surface area contributed by atoms with Crippen LogP contribution < -0.4 is 16.0 Å². The maximum absolute atomic E-state index is 12.5. The van der Waals surface area contributed by atoms with E-state index in [1.807, 2.05) is 0 Å². The number of non-ortho nitro benzene ring substituents is 1. The minimum absolute atomic E-state index is 0.0387. The molecule has 1 aromatic heterocycles. The number of H-pyrrole nitrogens is 1. The zero-order chi connectivity index (χ0) is 19.0. The Morgan fingerprint density at radius 1 is 1.35 bits per heavy atom. The molecule has 2 heterocycles. The Morgan fingerprint density at radius 3 is 2.58 bits per heavy atom. The number of esters is 1. The lowest BCUT2D eigenvalue weighted by Crippen LogP contribution is -2.31. The van der Waals surface area contributed by atoms with E-state index >= 15 is 0 Å². The standard InChI is InChI=1S/C17H15N3O6/c1-8-7-11-13(16(21)19-8)12(14(15(18)26-11)17(22)25-2)9-3-5-10(6-4-9)20(23)24/h3-7,12H,18H2,1-2H3,(H,19,21)/t12-/m1/s1. The van der Waals surface area contributed by atoms with E-state index in [9.17, 15) is 19.7 Å². The Bertz CT molecular complexity index is 991. The van der Waals surface area contributed by atoms with Gasteiger partial charge in [-0.2, -0.15) is 0 Å². The number of benzene rings is 1. The monoisotopic (exact) mass is 357 g/mol. The van der Waals surface area contributed by atoms with Crippen molar-refractivity contribution >= 4 is 11.7 Å². The highest BCUT2D eigenvalue weighted by atomic mass is 16.6. The average molecular weight is 357 g/mol. The summed E-state index contributed by atoms with van der Waals surface area (Å²) in [5.74, 6) is -1.59. The smallest absolute Gasteiger partial charge is 0.340 e. The Morgan fingerprint density at radius 2 is 2.00 bits per heavy atom. The van der Waals surface area contributed by atoms with E-state index in [1.54, 1.807) is 13.0 Å². The number of aromatic nitrogens is 1. The quantitative estimate of drug-likeness (QED) is 0.482. The Hall–Kier alpha value is -3.62. The molecule has 2 aromatic rings. The van der Waals surface area contributed by atoms with Gasteiger partial charge in [-0.15, -0.1) is 0 Å². The van der Waals surface area contributed by atoms with Crippen molar-refractivity contribution < 1.29 is 19.2 Å². The molecule has 0 amide bonds. The molecular weight excluding hydrogens is 342 g/mol. The molecule has 0 aliphatic carbocycles. The fourth-order valence-electron chi connectivity index (χ4n) is 2.94. The van der Waals surface area contributed by atoms with Crippen molar-refractivity contribution in [3.8, 4) is 5.75 Å². The number of nitrogens with zero attached hydrogens (tertiary/aromatic N) is 1. The SMILES string of the molecule is COC(=O)C1=C(N)Oc2cc(C)[nH]c(=O)c2[C@H]1c1ccc([N+](=O)[O-])cc1. The van der Waals surface area contributed by atoms with Crippen molar-refractivity contribution in [3.63, 3.8) is 0 Å². The fraction of sp³-hybridized carbons (Fsp3) is 0.176. The second-order valence-electron chi connectivity index (χ2n) is 5.71. The minimum Gasteiger partial charge on any atom is -0.465 e. The fourth-order valence-corrected chi connectivity index (χ4v) is 2.94. The molecule has 9 nitrogen and oxygen atoms in total. The minimum atomic E-state index is -0.878. The Labute approximate surface area is 147 Å². The number of nitrogens with one attached hydrogen (secondary N) is 1. The molecule has 1 aliphatic rings. The summed E-state index contributed by atoms with van der Waals surface area (Å²) in [6.45, 7) is 1.68. The zero-order valence-corrected chi connectivity index (χ0v) is 13.9. The predicted octanol–water partition coefficient (Wildman–Crippen LogP) is 1.46. The van der Waals surface area contributed by atoms with Gasteiger partial charge in [-0.25, -0.2) is 4.79 Å². The third kappa shape index (κ3) is 2.79. The van der Waals surface area contributed by atoms with Crippen LogP contribution in [0.5, 0.6) is 5.75 Å². The van der Waals surface area contributed by atoms with Gasteiger partial charge in [0.05, 0.1) is 23.5 Å². The molecule has 0 unspecified atom stereocenters. The number of rotatable bonds is 3. The molecule has 0 spiro atoms. The van der Waals surface area contributed by atoms with Crippen LogP contribution in [0.3, 0.4) is 0 Å². The highest BCUT2D eigenvalue weighted by Gasteiger charge is 2.37. The summed E-state index contributed by atoms with van der Waals surface area (Å²) in [5.41, 5.74) is 6.52. The summed E-state index contributed by atoms with van der Waals surface area (Å²) in [6, 6.07) is 7.10. The van der Waals surface area contributed by atoms with E-state index in [0.717, 1.165) is 0 Å². The van der Waals surface area contributed by atoms with Crippen molar-refractivity contribution in [1.29, 1.82) is 0 Å². The second-order valence-corrected chi connectivity index (χ2v) is 5.71. The lowest BCUT2D eigenvalue weighted by Gasteiger charge is -2.27. The third-order valence-electron chi connectivity index (χ3n) is 4.07. The number of aromatic amines is 1. The Balaban J connectivity index is 2.26. The number of hydrogen-bond donors (Lipinski definition) is 2. The van der Waals surface area contributed by atoms with E-state index in [1.165, 1.54) is 31.4 Å². The molecule has 3 N–H and O–H groups in total. The summed E-state index contributed by atoms with van der Waals surface area (Å²) in [5, 5.41) is 10.9. The second kappa shape index (κ2) is 6.36. The van der Waals surface area contributed by atoms with Crippen molar-refractivity contribution in [3.05, 3.63) is 79.1 Å². The van der Waals surface area contributed by atoms with Gasteiger partial charge in [0.15, 0.2) is 0 Å². The molecule has 26 heavy (non-hydrogen) atoms. The van der Waals surface area contributed by atoms with Gasteiger partial charge in [0.2, 0.25) is 5.88 Å². The van der Waals surface area contributed by atoms with Crippen LogP contribution in [-0.2, 0) is 9.53 Å². The molecule has 0 bridgehead atoms. The van der Waals surface area contributed by atoms with Gasteiger partial charge in [-0.05, 0) is 12.5 Å². The van der Waals surface area contributed by atoms with E-state index in [-0.39, 0.29) is 28.5 Å². The maximum Gasteiger partial charge on any atom is 0.340 e. The van der Waals surface area contributed by atoms with E-state index in [4.69, 9.17) is 15.2 Å². The van der Waals surface area contributed by atoms with Crippen molar-refractivity contribution in [2.45, 2.75) is 12.8 Å². The highest BCUT2D eigenvalue weighted by molar-refractivity contribution is 5.92. The first-order chi connectivity index (χ1) is 12.3. The lowest BCUT2D eigenvalue weighted by molar-refractivity contribution is -0.384. The molecule has 0 saturated carbocycles. The average Bonchev–Trinajstić information content (AvgIpc) is 2.59. The number of fused-ring (bicyclic) bond motifs is 1. The van der Waals surface area contributed by atoms with E-state index in [2.05, 4.69) is 4.98 Å². The van der Waals surface area contributed by atoms with Crippen LogP contribution in [0.4, 0.5) is 5.69 Å². The largest absolute Gasteiger partial charge is 0.465 e. The summed E-state index contributed by atoms with van der Waals surface area (Å²) >= 11 is 0. The first-order valence-corrected chi connectivity index (χ1v) is 7.57. The van der Waals surface area contributed by atoms with Gasteiger partial charge in [0.25, 0.3) is 11.2 Å². The van der Waals surface area contributed by atoms with Gasteiger partial charge in [0.1, 0.15) is 11.3 Å². The number of ether oxygens (including phenoxy) is 2. The van der Waals surface area contributed by atoms with Gasteiger partial charge in [0, 0.05) is 23.9 Å². The lowest BCUT2D eigenvalue weighted by atomic mass is 9.83. The molecule has 0 saturated heterocycles. The molecule has 1 aromatic carbocycles.